The van der Waals surface area contributed by atoms with Crippen molar-refractivity contribution in [3.05, 3.63) is 54.4 Å². The number of benzene rings is 1. The largest absolute Gasteiger partial charge is 0.480 e. The number of rotatable bonds is 12. The lowest BCUT2D eigenvalue weighted by atomic mass is 9.88. The van der Waals surface area contributed by atoms with Crippen LogP contribution >= 0.6 is 0 Å². The third-order valence-electron chi connectivity index (χ3n) is 8.13. The Morgan fingerprint density at radius 3 is 2.43 bits per heavy atom. The standard InChI is InChI=1S/C30H45N5O2/c1-4-15-35(30-31-13-8-14-32-30)26-11-16-34(17-12-26)21-24-19-25(33-28(29(36)37)18-22(2)3)20-27(24)23-9-6-5-7-10-23/h5-10,13-14,22,24-28,33H,4,11-12,15-21H2,1-3H3,(H,36,37)/t24?,25?,27?,28-/m1/s1. The summed E-state index contributed by atoms with van der Waals surface area (Å²) in [5, 5.41) is 13.3. The van der Waals surface area contributed by atoms with E-state index in [1.807, 2.05) is 18.5 Å². The van der Waals surface area contributed by atoms with Gasteiger partial charge in [0.1, 0.15) is 6.04 Å². The molecule has 3 unspecified atom stereocenters. The van der Waals surface area contributed by atoms with Gasteiger partial charge in [-0.1, -0.05) is 51.1 Å². The van der Waals surface area contributed by atoms with Gasteiger partial charge >= 0.3 is 5.97 Å². The van der Waals surface area contributed by atoms with E-state index >= 15 is 0 Å². The summed E-state index contributed by atoms with van der Waals surface area (Å²) in [6, 6.07) is 13.0. The minimum Gasteiger partial charge on any atom is -0.480 e. The number of nitrogens with one attached hydrogen (secondary N) is 1. The Morgan fingerprint density at radius 1 is 1.11 bits per heavy atom. The molecular formula is C30H45N5O2. The molecule has 0 radical (unpaired) electrons. The fourth-order valence-corrected chi connectivity index (χ4v) is 6.44. The van der Waals surface area contributed by atoms with Crippen LogP contribution < -0.4 is 10.2 Å². The number of carboxylic acids is 1. The van der Waals surface area contributed by atoms with Crippen molar-refractivity contribution in [2.75, 3.05) is 31.1 Å². The molecule has 2 N–H and O–H groups in total. The minimum absolute atomic E-state index is 0.239. The van der Waals surface area contributed by atoms with Crippen molar-refractivity contribution in [2.45, 2.75) is 83.3 Å². The summed E-state index contributed by atoms with van der Waals surface area (Å²) < 4.78 is 0. The van der Waals surface area contributed by atoms with Gasteiger partial charge in [0.15, 0.2) is 0 Å². The van der Waals surface area contributed by atoms with E-state index in [0.717, 1.165) is 64.2 Å². The van der Waals surface area contributed by atoms with Gasteiger partial charge in [-0.05, 0) is 67.9 Å². The summed E-state index contributed by atoms with van der Waals surface area (Å²) in [4.78, 5) is 26.0. The van der Waals surface area contributed by atoms with Crippen LogP contribution in [0.1, 0.15) is 70.8 Å². The Labute approximate surface area is 222 Å². The molecule has 2 aliphatic rings. The zero-order valence-corrected chi connectivity index (χ0v) is 22.8. The lowest BCUT2D eigenvalue weighted by Crippen LogP contribution is -2.47. The first-order chi connectivity index (χ1) is 17.9. The lowest BCUT2D eigenvalue weighted by Gasteiger charge is -2.39. The number of piperidine rings is 1. The maximum absolute atomic E-state index is 11.9. The second-order valence-corrected chi connectivity index (χ2v) is 11.4. The number of aliphatic carboxylic acids is 1. The van der Waals surface area contributed by atoms with Crippen LogP contribution in [0.4, 0.5) is 5.95 Å². The Bertz CT molecular complexity index is 949. The highest BCUT2D eigenvalue weighted by Crippen LogP contribution is 2.41. The average Bonchev–Trinajstić information content (AvgIpc) is 3.30. The molecule has 1 saturated heterocycles. The van der Waals surface area contributed by atoms with Gasteiger partial charge in [-0.15, -0.1) is 0 Å². The summed E-state index contributed by atoms with van der Waals surface area (Å²) in [6.07, 6.45) is 9.70. The maximum atomic E-state index is 11.9. The van der Waals surface area contributed by atoms with Crippen molar-refractivity contribution in [2.24, 2.45) is 11.8 Å². The number of hydrogen-bond donors (Lipinski definition) is 2. The van der Waals surface area contributed by atoms with Gasteiger partial charge in [-0.25, -0.2) is 9.97 Å². The second-order valence-electron chi connectivity index (χ2n) is 11.4. The molecule has 1 aromatic heterocycles. The van der Waals surface area contributed by atoms with Crippen molar-refractivity contribution < 1.29 is 9.90 Å². The summed E-state index contributed by atoms with van der Waals surface area (Å²) in [6.45, 7) is 10.6. The molecule has 4 rings (SSSR count). The number of anilines is 1. The molecule has 37 heavy (non-hydrogen) atoms. The van der Waals surface area contributed by atoms with Gasteiger partial charge in [0.05, 0.1) is 0 Å². The quantitative estimate of drug-likeness (QED) is 0.427. The number of likely N-dealkylation sites (tertiary alicyclic amines) is 1. The second kappa shape index (κ2) is 13.3. The van der Waals surface area contributed by atoms with Crippen LogP contribution in [0, 0.1) is 11.8 Å². The highest BCUT2D eigenvalue weighted by molar-refractivity contribution is 5.73. The highest BCUT2D eigenvalue weighted by Gasteiger charge is 2.38. The van der Waals surface area contributed by atoms with Crippen molar-refractivity contribution in [1.29, 1.82) is 0 Å². The first-order valence-electron chi connectivity index (χ1n) is 14.2. The van der Waals surface area contributed by atoms with Crippen LogP contribution in [0.3, 0.4) is 0 Å². The third kappa shape index (κ3) is 7.51. The number of nitrogens with zero attached hydrogens (tertiary/aromatic N) is 4. The molecule has 0 amide bonds. The fourth-order valence-electron chi connectivity index (χ4n) is 6.44. The summed E-state index contributed by atoms with van der Waals surface area (Å²) >= 11 is 0. The average molecular weight is 508 g/mol. The van der Waals surface area contributed by atoms with Gasteiger partial charge in [0.25, 0.3) is 0 Å². The van der Waals surface area contributed by atoms with Crippen LogP contribution in [0.15, 0.2) is 48.8 Å². The van der Waals surface area contributed by atoms with E-state index < -0.39 is 12.0 Å². The highest BCUT2D eigenvalue weighted by atomic mass is 16.4. The van der Waals surface area contributed by atoms with Crippen molar-refractivity contribution >= 4 is 11.9 Å². The van der Waals surface area contributed by atoms with E-state index in [2.05, 4.69) is 76.2 Å². The van der Waals surface area contributed by atoms with E-state index in [9.17, 15) is 9.90 Å². The maximum Gasteiger partial charge on any atom is 0.320 e. The van der Waals surface area contributed by atoms with E-state index in [-0.39, 0.29) is 6.04 Å². The molecule has 1 aromatic carbocycles. The normalized spacial score (nSPS) is 23.8. The van der Waals surface area contributed by atoms with Gasteiger partial charge < -0.3 is 20.2 Å². The van der Waals surface area contributed by atoms with E-state index in [1.165, 1.54) is 5.56 Å². The molecule has 202 valence electrons. The first-order valence-corrected chi connectivity index (χ1v) is 14.2. The number of carbonyl (C=O) groups is 1. The van der Waals surface area contributed by atoms with Crippen molar-refractivity contribution in [3.8, 4) is 0 Å². The Morgan fingerprint density at radius 2 is 1.81 bits per heavy atom. The van der Waals surface area contributed by atoms with E-state index in [4.69, 9.17) is 0 Å². The predicted molar refractivity (Wildman–Crippen MR) is 149 cm³/mol. The van der Waals surface area contributed by atoms with Gasteiger partial charge in [-0.2, -0.15) is 0 Å². The van der Waals surface area contributed by atoms with E-state index in [1.54, 1.807) is 0 Å². The van der Waals surface area contributed by atoms with Crippen LogP contribution in [0.2, 0.25) is 0 Å². The van der Waals surface area contributed by atoms with Gasteiger partial charge in [-0.3, -0.25) is 4.79 Å². The summed E-state index contributed by atoms with van der Waals surface area (Å²) in [5.74, 6) is 1.46. The zero-order valence-electron chi connectivity index (χ0n) is 22.8. The topological polar surface area (TPSA) is 81.6 Å². The van der Waals surface area contributed by atoms with Crippen molar-refractivity contribution in [1.82, 2.24) is 20.2 Å². The fraction of sp³-hybridized carbons (Fsp3) is 0.633. The Kier molecular flexibility index (Phi) is 9.92. The van der Waals surface area contributed by atoms with E-state index in [0.29, 0.717) is 30.2 Å². The zero-order chi connectivity index (χ0) is 26.2. The molecule has 1 saturated carbocycles. The number of aromatic nitrogens is 2. The first kappa shape index (κ1) is 27.5. The molecule has 1 aliphatic carbocycles. The molecule has 0 spiro atoms. The van der Waals surface area contributed by atoms with Crippen LogP contribution in [-0.2, 0) is 4.79 Å². The minimum atomic E-state index is -0.727. The summed E-state index contributed by atoms with van der Waals surface area (Å²) in [5.41, 5.74) is 1.39. The van der Waals surface area contributed by atoms with Gasteiger partial charge in [0, 0.05) is 50.7 Å². The molecule has 1 aliphatic heterocycles. The molecule has 7 heteroatoms. The third-order valence-corrected chi connectivity index (χ3v) is 8.13. The van der Waals surface area contributed by atoms with Crippen LogP contribution in [-0.4, -0.2) is 70.2 Å². The lowest BCUT2D eigenvalue weighted by molar-refractivity contribution is -0.140. The number of hydrogen-bond acceptors (Lipinski definition) is 6. The van der Waals surface area contributed by atoms with Gasteiger partial charge in [0.2, 0.25) is 5.95 Å². The van der Waals surface area contributed by atoms with Crippen molar-refractivity contribution in [3.63, 3.8) is 0 Å². The Hall–Kier alpha value is -2.51. The smallest absolute Gasteiger partial charge is 0.320 e. The molecule has 2 aromatic rings. The molecule has 4 atom stereocenters. The Balaban J connectivity index is 1.39. The summed E-state index contributed by atoms with van der Waals surface area (Å²) in [7, 11) is 0. The monoisotopic (exact) mass is 507 g/mol. The van der Waals surface area contributed by atoms with Crippen LogP contribution in [0.25, 0.3) is 0 Å². The molecule has 7 nitrogen and oxygen atoms in total. The molecular weight excluding hydrogens is 462 g/mol. The molecule has 2 fully saturated rings. The molecule has 0 bridgehead atoms. The SMILES string of the molecule is CCCN(c1ncccn1)C1CCN(CC2CC(N[C@H](CC(C)C)C(=O)O)CC2c2ccccc2)CC1. The molecule has 2 heterocycles. The number of carboxylic acid groups (broad SMARTS) is 1. The van der Waals surface area contributed by atoms with Crippen LogP contribution in [0.5, 0.6) is 0 Å². The predicted octanol–water partition coefficient (Wildman–Crippen LogP) is 4.81.